The second-order valence-corrected chi connectivity index (χ2v) is 24.0. The fourth-order valence-electron chi connectivity index (χ4n) is 10.4. The maximum atomic E-state index is 14.2. The molecule has 380 valence electrons. The summed E-state index contributed by atoms with van der Waals surface area (Å²) in [4.78, 5) is 26.4. The van der Waals surface area contributed by atoms with Crippen molar-refractivity contribution in [3.05, 3.63) is 107 Å². The van der Waals surface area contributed by atoms with Crippen molar-refractivity contribution in [3.8, 4) is 11.5 Å². The summed E-state index contributed by atoms with van der Waals surface area (Å²) in [7, 11) is -11.0. The van der Waals surface area contributed by atoms with E-state index in [1.807, 2.05) is 16.9 Å². The molecule has 0 spiro atoms. The molecule has 0 bridgehead atoms. The van der Waals surface area contributed by atoms with Crippen LogP contribution in [0, 0.1) is 11.3 Å². The van der Waals surface area contributed by atoms with Crippen LogP contribution < -0.4 is 25.0 Å². The molecular weight excluding hydrogens is 977 g/mol. The maximum absolute atomic E-state index is 14.2. The third-order valence-corrected chi connectivity index (χ3v) is 17.6. The normalized spacial score (nSPS) is 20.8. The number of carbonyl (C=O) groups excluding carboxylic acids is 1. The lowest BCUT2D eigenvalue weighted by Crippen LogP contribution is -2.49. The van der Waals surface area contributed by atoms with Gasteiger partial charge in [-0.05, 0) is 122 Å². The van der Waals surface area contributed by atoms with Gasteiger partial charge in [-0.15, -0.1) is 0 Å². The smallest absolute Gasteiger partial charge is 0.455 e. The SMILES string of the molecule is CC1(C)CCC(CN2CCN(c3ccc(C(=O)NS(=O)(=O)c4ccc(NC[C@H]5CC[C@H](N6CCNCC6)CC5)c(S(=O)(=O)C(F)(F)F)c4)c(Oc4cnc5[nH]ccc5c4)c3)CC2)=C(c2ccc(Cl)cc2)C1. The molecule has 5 aromatic rings. The van der Waals surface area contributed by atoms with E-state index >= 15 is 0 Å². The van der Waals surface area contributed by atoms with Crippen LogP contribution in [0.3, 0.4) is 0 Å². The number of nitrogens with zero attached hydrogens (tertiary/aromatic N) is 4. The van der Waals surface area contributed by atoms with Crippen molar-refractivity contribution in [1.82, 2.24) is 29.8 Å². The van der Waals surface area contributed by atoms with Crippen molar-refractivity contribution in [3.63, 3.8) is 0 Å². The lowest BCUT2D eigenvalue weighted by Gasteiger charge is -2.39. The van der Waals surface area contributed by atoms with Gasteiger partial charge in [0.15, 0.2) is 0 Å². The molecule has 0 unspecified atom stereocenters. The maximum Gasteiger partial charge on any atom is 0.501 e. The van der Waals surface area contributed by atoms with Crippen molar-refractivity contribution in [2.45, 2.75) is 80.1 Å². The average Bonchev–Trinajstić information content (AvgIpc) is 3.82. The van der Waals surface area contributed by atoms with Crippen LogP contribution in [0.15, 0.2) is 101 Å². The van der Waals surface area contributed by atoms with Gasteiger partial charge in [0.1, 0.15) is 22.0 Å². The number of hydrogen-bond donors (Lipinski definition) is 4. The summed E-state index contributed by atoms with van der Waals surface area (Å²) in [6, 6.07) is 19.2. The molecule has 4 aliphatic rings. The molecule has 4 heterocycles. The van der Waals surface area contributed by atoms with Gasteiger partial charge >= 0.3 is 5.51 Å². The number of H-pyrrole nitrogens is 1. The van der Waals surface area contributed by atoms with E-state index in [1.165, 1.54) is 29.0 Å². The van der Waals surface area contributed by atoms with Crippen LogP contribution in [-0.2, 0) is 19.9 Å². The molecule has 14 nitrogen and oxygen atoms in total. The van der Waals surface area contributed by atoms with Crippen molar-refractivity contribution >= 4 is 65.3 Å². The lowest BCUT2D eigenvalue weighted by molar-refractivity contribution is -0.0435. The highest BCUT2D eigenvalue weighted by molar-refractivity contribution is 7.92. The topological polar surface area (TPSA) is 169 Å². The van der Waals surface area contributed by atoms with E-state index in [9.17, 15) is 34.8 Å². The number of rotatable bonds is 14. The largest absolute Gasteiger partial charge is 0.501 e. The summed E-state index contributed by atoms with van der Waals surface area (Å²) in [5.41, 5.74) is -0.818. The molecule has 3 fully saturated rings. The first-order valence-electron chi connectivity index (χ1n) is 24.2. The second-order valence-electron chi connectivity index (χ2n) is 19.9. The molecule has 2 aliphatic carbocycles. The van der Waals surface area contributed by atoms with E-state index in [4.69, 9.17) is 16.3 Å². The molecule has 9 rings (SSSR count). The summed E-state index contributed by atoms with van der Waals surface area (Å²) in [6.45, 7) is 12.2. The minimum Gasteiger partial charge on any atom is -0.455 e. The summed E-state index contributed by atoms with van der Waals surface area (Å²) in [5.74, 6) is -0.822. The number of fused-ring (bicyclic) bond motifs is 1. The number of alkyl halides is 3. The van der Waals surface area contributed by atoms with E-state index in [0.29, 0.717) is 41.6 Å². The fraction of sp³-hybridized carbons (Fsp3) is 0.451. The Labute approximate surface area is 418 Å². The van der Waals surface area contributed by atoms with Crippen LogP contribution in [0.4, 0.5) is 24.5 Å². The predicted octanol–water partition coefficient (Wildman–Crippen LogP) is 9.08. The van der Waals surface area contributed by atoms with Crippen LogP contribution in [0.2, 0.25) is 5.02 Å². The molecular formula is C51H60ClF3N8O6S2. The highest BCUT2D eigenvalue weighted by atomic mass is 35.5. The zero-order chi connectivity index (χ0) is 50.1. The lowest BCUT2D eigenvalue weighted by atomic mass is 9.72. The third-order valence-electron chi connectivity index (χ3n) is 14.5. The van der Waals surface area contributed by atoms with Gasteiger partial charge in [-0.25, -0.2) is 26.5 Å². The number of sulfone groups is 1. The molecule has 71 heavy (non-hydrogen) atoms. The van der Waals surface area contributed by atoms with Crippen LogP contribution in [0.5, 0.6) is 11.5 Å². The first kappa shape index (κ1) is 50.7. The highest BCUT2D eigenvalue weighted by Gasteiger charge is 2.48. The molecule has 4 N–H and O–H groups in total. The average molecular weight is 1040 g/mol. The second kappa shape index (κ2) is 20.7. The van der Waals surface area contributed by atoms with Gasteiger partial charge in [0, 0.05) is 99.8 Å². The summed E-state index contributed by atoms with van der Waals surface area (Å²) in [6.07, 6.45) is 9.66. The molecule has 2 aliphatic heterocycles. The number of carbonyl (C=O) groups is 1. The zero-order valence-electron chi connectivity index (χ0n) is 39.8. The standard InChI is InChI=1S/C51H60ClF3N8O6S2/c1-50(2)17-15-37(44(30-50)35-5-7-38(52)8-6-35)33-61-23-25-63(26-24-61)40-11-13-43(46(28-40)69-41-27-36-16-18-57-48(36)59-32-41)49(64)60-71(67,68)42-12-14-45(47(29-42)70(65,66)51(53,54)55)58-31-34-3-9-39(10-4-34)62-21-19-56-20-22-62/h5-8,11-14,16,18,27-29,32,34,39,56,58H,3-4,9-10,15,17,19-26,30-31,33H2,1-2H3,(H,57,59)(H,60,64)/t34-,39-. The van der Waals surface area contributed by atoms with Crippen molar-refractivity contribution in [2.75, 3.05) is 75.7 Å². The Morgan fingerprint density at radius 2 is 1.63 bits per heavy atom. The first-order chi connectivity index (χ1) is 33.8. The summed E-state index contributed by atoms with van der Waals surface area (Å²) >= 11 is 6.24. The number of halogens is 4. The fourth-order valence-corrected chi connectivity index (χ4v) is 12.5. The Bertz CT molecular complexity index is 3000. The minimum atomic E-state index is -6.04. The Kier molecular flexibility index (Phi) is 14.8. The Hall–Kier alpha value is -5.18. The monoisotopic (exact) mass is 1040 g/mol. The van der Waals surface area contributed by atoms with E-state index in [0.717, 1.165) is 108 Å². The van der Waals surface area contributed by atoms with Gasteiger partial charge in [-0.3, -0.25) is 14.6 Å². The number of amides is 1. The van der Waals surface area contributed by atoms with Crippen LogP contribution in [-0.4, -0.2) is 120 Å². The number of anilines is 2. The third kappa shape index (κ3) is 11.7. The van der Waals surface area contributed by atoms with Crippen molar-refractivity contribution in [2.24, 2.45) is 11.3 Å². The number of pyridine rings is 1. The molecule has 3 aromatic carbocycles. The number of hydrogen-bond acceptors (Lipinski definition) is 12. The number of allylic oxidation sites excluding steroid dienone is 1. The zero-order valence-corrected chi connectivity index (χ0v) is 42.2. The number of nitrogens with one attached hydrogen (secondary N) is 4. The minimum absolute atomic E-state index is 0.00115. The molecule has 1 saturated carbocycles. The Balaban J connectivity index is 0.926. The Morgan fingerprint density at radius 1 is 0.901 bits per heavy atom. The molecule has 20 heteroatoms. The summed E-state index contributed by atoms with van der Waals surface area (Å²) in [5, 5.41) is 7.66. The predicted molar refractivity (Wildman–Crippen MR) is 270 cm³/mol. The van der Waals surface area contributed by atoms with Crippen LogP contribution in [0.25, 0.3) is 16.6 Å². The van der Waals surface area contributed by atoms with E-state index in [2.05, 4.69) is 61.3 Å². The van der Waals surface area contributed by atoms with Crippen molar-refractivity contribution in [1.29, 1.82) is 0 Å². The summed E-state index contributed by atoms with van der Waals surface area (Å²) < 4.78 is 105. The number of aromatic amines is 1. The number of sulfonamides is 1. The van der Waals surface area contributed by atoms with Gasteiger partial charge in [0.25, 0.3) is 25.8 Å². The van der Waals surface area contributed by atoms with E-state index < -0.39 is 41.1 Å². The molecule has 2 aromatic heterocycles. The van der Waals surface area contributed by atoms with Crippen LogP contribution in [0.1, 0.15) is 74.7 Å². The van der Waals surface area contributed by atoms with E-state index in [-0.39, 0.29) is 40.6 Å². The van der Waals surface area contributed by atoms with Gasteiger partial charge in [0.05, 0.1) is 22.3 Å². The molecule has 0 radical (unpaired) electrons. The number of benzene rings is 3. The number of aromatic nitrogens is 2. The quantitative estimate of drug-likeness (QED) is 0.0834. The van der Waals surface area contributed by atoms with E-state index in [1.54, 1.807) is 30.5 Å². The Morgan fingerprint density at radius 3 is 2.35 bits per heavy atom. The van der Waals surface area contributed by atoms with Gasteiger partial charge < -0.3 is 25.3 Å². The first-order valence-corrected chi connectivity index (χ1v) is 27.6. The highest BCUT2D eigenvalue weighted by Crippen LogP contribution is 2.44. The van der Waals surface area contributed by atoms with Gasteiger partial charge in [-0.2, -0.15) is 13.2 Å². The number of ether oxygens (including phenoxy) is 1. The van der Waals surface area contributed by atoms with Crippen molar-refractivity contribution < 1.29 is 39.5 Å². The molecule has 0 atom stereocenters. The van der Waals surface area contributed by atoms with Crippen LogP contribution >= 0.6 is 11.6 Å². The number of piperazine rings is 2. The molecule has 2 saturated heterocycles. The van der Waals surface area contributed by atoms with Gasteiger partial charge in [0.2, 0.25) is 0 Å². The molecule has 1 amide bonds. The van der Waals surface area contributed by atoms with Gasteiger partial charge in [-0.1, -0.05) is 43.2 Å².